The molecule has 4 aliphatic carbocycles. The first kappa shape index (κ1) is 34.6. The van der Waals surface area contributed by atoms with E-state index in [1.165, 1.54) is 12.1 Å². The molecular weight excluding hydrogens is 774 g/mol. The summed E-state index contributed by atoms with van der Waals surface area (Å²) in [4.78, 5) is 11.3. The number of hydrogen-bond donors (Lipinski definition) is 0. The molecule has 0 spiro atoms. The van der Waals surface area contributed by atoms with Gasteiger partial charge in [0, 0.05) is 8.99 Å². The molecule has 4 bridgehead atoms. The van der Waals surface area contributed by atoms with E-state index in [0.29, 0.717) is 25.7 Å². The third kappa shape index (κ3) is 8.06. The maximum atomic E-state index is 13.5. The maximum absolute atomic E-state index is 13.5. The second-order valence-electron chi connectivity index (χ2n) is 11.7. The van der Waals surface area contributed by atoms with E-state index in [1.807, 2.05) is 0 Å². The van der Waals surface area contributed by atoms with Crippen LogP contribution in [0.1, 0.15) is 38.5 Å². The summed E-state index contributed by atoms with van der Waals surface area (Å²) < 4.78 is 121. The van der Waals surface area contributed by atoms with Gasteiger partial charge in [-0.15, -0.1) is 13.2 Å². The van der Waals surface area contributed by atoms with Gasteiger partial charge in [-0.3, -0.25) is 0 Å². The Bertz CT molecular complexity index is 1720. The number of hydrogen-bond acceptors (Lipinski definition) is 11. The van der Waals surface area contributed by atoms with Gasteiger partial charge in [0.2, 0.25) is 0 Å². The van der Waals surface area contributed by atoms with E-state index in [4.69, 9.17) is 14.2 Å². The smallest absolute Gasteiger partial charge is 0.573 e. The van der Waals surface area contributed by atoms with Crippen LogP contribution in [0.25, 0.3) is 0 Å². The van der Waals surface area contributed by atoms with Crippen LogP contribution in [0.5, 0.6) is 11.5 Å². The molecule has 12 nitrogen and oxygen atoms in total. The first-order chi connectivity index (χ1) is 21.4. The average Bonchev–Trinajstić information content (AvgIpc) is 2.92. The first-order valence-corrected chi connectivity index (χ1v) is 17.9. The third-order valence-electron chi connectivity index (χ3n) is 8.30. The third-order valence-corrected chi connectivity index (χ3v) is 11.7. The lowest BCUT2D eigenvalue weighted by Crippen LogP contribution is -2.61. The Labute approximate surface area is 276 Å². The van der Waals surface area contributed by atoms with Crippen LogP contribution in [0.4, 0.5) is 13.2 Å². The molecule has 46 heavy (non-hydrogen) atoms. The molecule has 18 heteroatoms. The van der Waals surface area contributed by atoms with Crippen LogP contribution in [0, 0.1) is 20.8 Å². The monoisotopic (exact) mass is 801 g/mol. The van der Waals surface area contributed by atoms with Crippen molar-refractivity contribution in [3.05, 3.63) is 46.0 Å². The van der Waals surface area contributed by atoms with Gasteiger partial charge < -0.3 is 28.6 Å². The van der Waals surface area contributed by atoms with E-state index < -0.39 is 71.5 Å². The molecule has 4 saturated carbocycles. The molecule has 2 aromatic rings. The molecule has 0 aliphatic heterocycles. The van der Waals surface area contributed by atoms with Crippen molar-refractivity contribution in [2.75, 3.05) is 19.8 Å². The molecule has 0 aromatic heterocycles. The Morgan fingerprint density at radius 1 is 0.978 bits per heavy atom. The molecule has 0 heterocycles. The van der Waals surface area contributed by atoms with E-state index >= 15 is 0 Å². The number of ether oxygens (including phenoxy) is 4. The number of sulfonamides is 1. The fourth-order valence-corrected chi connectivity index (χ4v) is 9.87. The number of nitrogens with zero attached hydrogens (tertiary/aromatic N) is 1. The minimum Gasteiger partial charge on any atom is -0.861 e. The summed E-state index contributed by atoms with van der Waals surface area (Å²) >= 11 is 1.67. The average molecular weight is 802 g/mol. The molecule has 4 fully saturated rings. The zero-order chi connectivity index (χ0) is 33.5. The maximum Gasteiger partial charge on any atom is 0.573 e. The second-order valence-corrected chi connectivity index (χ2v) is 15.8. The Kier molecular flexibility index (Phi) is 9.59. The number of alkyl halides is 3. The highest BCUT2D eigenvalue weighted by Crippen LogP contribution is 2.63. The molecule has 2 aromatic carbocycles. The summed E-state index contributed by atoms with van der Waals surface area (Å²) in [5, 5.41) is 13.5. The van der Waals surface area contributed by atoms with Crippen LogP contribution in [-0.2, 0) is 34.4 Å². The summed E-state index contributed by atoms with van der Waals surface area (Å²) in [6, 6.07) is 7.06. The van der Waals surface area contributed by atoms with Gasteiger partial charge in [0.25, 0.3) is 10.0 Å². The summed E-state index contributed by atoms with van der Waals surface area (Å²) in [5.41, 5.74) is -1.81. The van der Waals surface area contributed by atoms with Gasteiger partial charge in [0.1, 0.15) is 28.2 Å². The fraction of sp³-hybridized carbons (Fsp3) is 0.500. The second kappa shape index (κ2) is 12.7. The lowest BCUT2D eigenvalue weighted by Gasteiger charge is -2.62. The molecule has 0 N–H and O–H groups in total. The minimum atomic E-state index is -4.95. The van der Waals surface area contributed by atoms with E-state index in [-0.39, 0.29) is 40.8 Å². The number of carbonyl (C=O) groups excluding carboxylic acids is 1. The van der Waals surface area contributed by atoms with Gasteiger partial charge in [-0.2, -0.15) is 12.8 Å². The topological polar surface area (TPSA) is 181 Å². The molecule has 2 unspecified atom stereocenters. The Morgan fingerprint density at radius 2 is 1.61 bits per heavy atom. The molecule has 6 rings (SSSR count). The Hall–Kier alpha value is -2.68. The minimum absolute atomic E-state index is 0.00515. The fourth-order valence-electron chi connectivity index (χ4n) is 7.04. The predicted octanol–water partition coefficient (Wildman–Crippen LogP) is 3.52. The number of esters is 1. The molecule has 0 saturated heterocycles. The van der Waals surface area contributed by atoms with Crippen molar-refractivity contribution in [1.82, 2.24) is 0 Å². The van der Waals surface area contributed by atoms with Crippen molar-refractivity contribution < 1.29 is 63.4 Å². The first-order valence-electron chi connectivity index (χ1n) is 13.9. The standard InChI is InChI=1S/C28H29F3INO11S2/c29-28(30,31)44-19-1-4-21(5-2-19)45(36,37)33-25(35)26-11-17-9-18(12-26)14-27(13-17,16-26)43-8-7-41-24(34)15-42-20-3-6-23(22(32)10-20)46(38,39)40/h1-6,10,17-18H,7-9,11-16H2,(H,33,35)(H,38,39,40)/p-2. The van der Waals surface area contributed by atoms with E-state index in [2.05, 4.69) is 9.13 Å². The van der Waals surface area contributed by atoms with Gasteiger partial charge in [0.15, 0.2) is 6.61 Å². The highest BCUT2D eigenvalue weighted by molar-refractivity contribution is 14.1. The predicted molar refractivity (Wildman–Crippen MR) is 157 cm³/mol. The normalized spacial score (nSPS) is 26.2. The molecular formula is C28H27F3INO11S2-2. The highest BCUT2D eigenvalue weighted by Gasteiger charge is 2.58. The Balaban J connectivity index is 1.17. The lowest BCUT2D eigenvalue weighted by atomic mass is 9.47. The van der Waals surface area contributed by atoms with Crippen molar-refractivity contribution in [2.24, 2.45) is 21.6 Å². The molecule has 4 aliphatic rings. The SMILES string of the molecule is O=C(COc1ccc(S(=O)(=O)[O-])c(I)c1)OCCOC12CC3CC(C1)CC(/C([O-])=N/S(=O)(=O)c1ccc(OC(F)(F)F)cc1)(C3)C2. The summed E-state index contributed by atoms with van der Waals surface area (Å²) in [6.07, 6.45) is -1.67. The van der Waals surface area contributed by atoms with Crippen LogP contribution in [0.15, 0.2) is 56.7 Å². The van der Waals surface area contributed by atoms with Gasteiger partial charge in [-0.25, -0.2) is 13.2 Å². The van der Waals surface area contributed by atoms with E-state index in [0.717, 1.165) is 36.8 Å². The van der Waals surface area contributed by atoms with Gasteiger partial charge in [-0.1, -0.05) is 0 Å². The number of halogens is 4. The number of benzene rings is 2. The van der Waals surface area contributed by atoms with Crippen LogP contribution < -0.4 is 14.6 Å². The highest BCUT2D eigenvalue weighted by atomic mass is 127. The van der Waals surface area contributed by atoms with Crippen molar-refractivity contribution in [3.63, 3.8) is 0 Å². The van der Waals surface area contributed by atoms with Crippen molar-refractivity contribution in [1.29, 1.82) is 0 Å². The van der Waals surface area contributed by atoms with Gasteiger partial charge >= 0.3 is 12.3 Å². The summed E-state index contributed by atoms with van der Waals surface area (Å²) in [6.45, 7) is -0.608. The molecule has 2 atom stereocenters. The summed E-state index contributed by atoms with van der Waals surface area (Å²) in [7, 11) is -9.16. The van der Waals surface area contributed by atoms with Crippen molar-refractivity contribution in [3.8, 4) is 11.5 Å². The Morgan fingerprint density at radius 3 is 2.20 bits per heavy atom. The van der Waals surface area contributed by atoms with E-state index in [9.17, 15) is 44.5 Å². The van der Waals surface area contributed by atoms with Gasteiger partial charge in [-0.05, 0) is 121 Å². The van der Waals surface area contributed by atoms with Crippen LogP contribution in [0.2, 0.25) is 0 Å². The molecule has 0 amide bonds. The number of carbonyl (C=O) groups is 1. The molecule has 0 radical (unpaired) electrons. The lowest BCUT2D eigenvalue weighted by molar-refractivity contribution is -0.274. The zero-order valence-corrected chi connectivity index (χ0v) is 27.6. The van der Waals surface area contributed by atoms with E-state index in [1.54, 1.807) is 22.6 Å². The number of rotatable bonds is 12. The van der Waals surface area contributed by atoms with Crippen LogP contribution in [-0.4, -0.2) is 65.0 Å². The van der Waals surface area contributed by atoms with Crippen LogP contribution >= 0.6 is 22.6 Å². The molecule has 252 valence electrons. The van der Waals surface area contributed by atoms with Crippen LogP contribution in [0.3, 0.4) is 0 Å². The largest absolute Gasteiger partial charge is 0.861 e. The zero-order valence-electron chi connectivity index (χ0n) is 23.8. The van der Waals surface area contributed by atoms with Crippen molar-refractivity contribution in [2.45, 2.75) is 60.3 Å². The summed E-state index contributed by atoms with van der Waals surface area (Å²) in [5.74, 6) is -1.79. The van der Waals surface area contributed by atoms with Gasteiger partial charge in [0.05, 0.1) is 22.0 Å². The quantitative estimate of drug-likeness (QED) is 0.0766. The van der Waals surface area contributed by atoms with Crippen molar-refractivity contribution >= 4 is 54.6 Å².